The van der Waals surface area contributed by atoms with E-state index in [1.165, 1.54) is 0 Å². The van der Waals surface area contributed by atoms with E-state index in [1.54, 1.807) is 23.1 Å². The van der Waals surface area contributed by atoms with Crippen LogP contribution in [0.25, 0.3) is 0 Å². The molecule has 1 unspecified atom stereocenters. The van der Waals surface area contributed by atoms with Gasteiger partial charge >= 0.3 is 6.09 Å². The zero-order valence-corrected chi connectivity index (χ0v) is 18.8. The van der Waals surface area contributed by atoms with E-state index in [2.05, 4.69) is 5.32 Å². The Bertz CT molecular complexity index is 1090. The number of carbonyl (C=O) groups is 5. The van der Waals surface area contributed by atoms with E-state index in [-0.39, 0.29) is 29.9 Å². The lowest BCUT2D eigenvalue weighted by atomic mass is 9.72. The minimum absolute atomic E-state index is 0.0470. The summed E-state index contributed by atoms with van der Waals surface area (Å²) in [4.78, 5) is 67.0. The number of nitrogens with zero attached hydrogens (tertiary/aromatic N) is 3. The first-order chi connectivity index (χ1) is 15.5. The van der Waals surface area contributed by atoms with Crippen molar-refractivity contribution in [2.45, 2.75) is 45.3 Å². The third-order valence-corrected chi connectivity index (χ3v) is 6.54. The van der Waals surface area contributed by atoms with Crippen LogP contribution in [0, 0.1) is 5.41 Å². The topological polar surface area (TPSA) is 116 Å². The third-order valence-electron chi connectivity index (χ3n) is 6.54. The van der Waals surface area contributed by atoms with Gasteiger partial charge in [-0.1, -0.05) is 6.07 Å². The summed E-state index contributed by atoms with van der Waals surface area (Å²) < 4.78 is 5.42. The maximum Gasteiger partial charge on any atom is 0.410 e. The molecule has 4 heterocycles. The van der Waals surface area contributed by atoms with Crippen LogP contribution < -0.4 is 10.2 Å². The van der Waals surface area contributed by atoms with Crippen LogP contribution >= 0.6 is 0 Å². The molecular formula is C23H26N4O6. The fraction of sp³-hybridized carbons (Fsp3) is 0.522. The first-order valence-electron chi connectivity index (χ1n) is 11.1. The highest BCUT2D eigenvalue weighted by Gasteiger charge is 2.55. The number of likely N-dealkylation sites (tertiary alicyclic amines) is 1. The number of carbonyl (C=O) groups excluding carboxylic acids is 5. The summed E-state index contributed by atoms with van der Waals surface area (Å²) in [5.74, 6) is -2.05. The standard InChI is InChI=1S/C23H26N4O6/c1-22(2,3)33-21(32)26-11-23(12-26)9-25(10-23)14-6-4-5-13-17(14)20(31)27(19(13)30)15-7-8-16(28)24-18(15)29/h4-6,15H,7-12H2,1-3H3,(H,24,28,29). The second-order valence-electron chi connectivity index (χ2n) is 10.3. The van der Waals surface area contributed by atoms with Crippen molar-refractivity contribution in [2.24, 2.45) is 5.41 Å². The minimum Gasteiger partial charge on any atom is -0.444 e. The Labute approximate surface area is 190 Å². The summed E-state index contributed by atoms with van der Waals surface area (Å²) in [7, 11) is 0. The van der Waals surface area contributed by atoms with Crippen LogP contribution in [0.2, 0.25) is 0 Å². The van der Waals surface area contributed by atoms with E-state index in [0.29, 0.717) is 37.4 Å². The van der Waals surface area contributed by atoms with E-state index in [1.807, 2.05) is 25.7 Å². The molecule has 3 fully saturated rings. The maximum absolute atomic E-state index is 13.3. The summed E-state index contributed by atoms with van der Waals surface area (Å²) >= 11 is 0. The van der Waals surface area contributed by atoms with Crippen LogP contribution in [0.5, 0.6) is 0 Å². The summed E-state index contributed by atoms with van der Waals surface area (Å²) in [6.07, 6.45) is -0.119. The van der Waals surface area contributed by atoms with E-state index in [4.69, 9.17) is 4.74 Å². The first-order valence-corrected chi connectivity index (χ1v) is 11.1. The van der Waals surface area contributed by atoms with Gasteiger partial charge in [0.25, 0.3) is 11.8 Å². The number of piperidine rings is 1. The largest absolute Gasteiger partial charge is 0.444 e. The van der Waals surface area contributed by atoms with Crippen LogP contribution in [-0.4, -0.2) is 77.3 Å². The van der Waals surface area contributed by atoms with Gasteiger partial charge in [0, 0.05) is 38.0 Å². The summed E-state index contributed by atoms with van der Waals surface area (Å²) in [5, 5.41) is 2.21. The molecule has 5 rings (SSSR count). The average molecular weight is 454 g/mol. The number of rotatable bonds is 2. The number of ether oxygens (including phenoxy) is 1. The molecule has 4 aliphatic heterocycles. The van der Waals surface area contributed by atoms with Crippen molar-refractivity contribution in [1.82, 2.24) is 15.1 Å². The molecule has 5 amide bonds. The molecule has 1 N–H and O–H groups in total. The summed E-state index contributed by atoms with van der Waals surface area (Å²) in [6, 6.07) is 4.13. The highest BCUT2D eigenvalue weighted by Crippen LogP contribution is 2.45. The van der Waals surface area contributed by atoms with Gasteiger partial charge in [-0.2, -0.15) is 0 Å². The molecule has 1 atom stereocenters. The SMILES string of the molecule is CC(C)(C)OC(=O)N1CC2(C1)CN(c1cccc3c1C(=O)N(C1CCC(=O)NC1=O)C3=O)C2. The first kappa shape index (κ1) is 21.4. The van der Waals surface area contributed by atoms with E-state index in [9.17, 15) is 24.0 Å². The molecule has 1 aromatic rings. The Morgan fingerprint density at radius 3 is 2.39 bits per heavy atom. The van der Waals surface area contributed by atoms with Gasteiger partial charge in [-0.3, -0.25) is 29.4 Å². The predicted molar refractivity (Wildman–Crippen MR) is 116 cm³/mol. The van der Waals surface area contributed by atoms with Crippen LogP contribution in [0.1, 0.15) is 54.3 Å². The van der Waals surface area contributed by atoms with Crippen LogP contribution in [0.4, 0.5) is 10.5 Å². The van der Waals surface area contributed by atoms with Crippen molar-refractivity contribution in [3.8, 4) is 0 Å². The van der Waals surface area contributed by atoms with Crippen molar-refractivity contribution in [3.63, 3.8) is 0 Å². The third kappa shape index (κ3) is 3.44. The van der Waals surface area contributed by atoms with Gasteiger partial charge in [-0.05, 0) is 39.3 Å². The molecule has 0 aliphatic carbocycles. The lowest BCUT2D eigenvalue weighted by Crippen LogP contribution is -2.73. The number of hydrogen-bond donors (Lipinski definition) is 1. The van der Waals surface area contributed by atoms with Gasteiger partial charge < -0.3 is 14.5 Å². The number of imide groups is 2. The van der Waals surface area contributed by atoms with Crippen LogP contribution in [-0.2, 0) is 14.3 Å². The normalized spacial score (nSPS) is 23.8. The van der Waals surface area contributed by atoms with Crippen LogP contribution in [0.15, 0.2) is 18.2 Å². The van der Waals surface area contributed by atoms with E-state index >= 15 is 0 Å². The number of benzene rings is 1. The molecule has 1 aromatic carbocycles. The molecule has 174 valence electrons. The predicted octanol–water partition coefficient (Wildman–Crippen LogP) is 1.14. The van der Waals surface area contributed by atoms with Crippen molar-refractivity contribution in [1.29, 1.82) is 0 Å². The summed E-state index contributed by atoms with van der Waals surface area (Å²) in [6.45, 7) is 7.98. The molecule has 4 aliphatic rings. The van der Waals surface area contributed by atoms with Gasteiger partial charge in [-0.25, -0.2) is 4.79 Å². The molecule has 3 saturated heterocycles. The van der Waals surface area contributed by atoms with Gasteiger partial charge in [0.2, 0.25) is 11.8 Å². The molecule has 0 radical (unpaired) electrons. The molecule has 0 saturated carbocycles. The molecule has 0 aromatic heterocycles. The molecular weight excluding hydrogens is 428 g/mol. The second kappa shape index (κ2) is 7.03. The number of fused-ring (bicyclic) bond motifs is 1. The van der Waals surface area contributed by atoms with Gasteiger partial charge in [0.1, 0.15) is 11.6 Å². The highest BCUT2D eigenvalue weighted by atomic mass is 16.6. The Morgan fingerprint density at radius 1 is 1.06 bits per heavy atom. The van der Waals surface area contributed by atoms with Crippen molar-refractivity contribution < 1.29 is 28.7 Å². The zero-order valence-electron chi connectivity index (χ0n) is 18.8. The Hall–Kier alpha value is -3.43. The van der Waals surface area contributed by atoms with Crippen molar-refractivity contribution in [3.05, 3.63) is 29.3 Å². The fourth-order valence-corrected chi connectivity index (χ4v) is 5.11. The lowest BCUT2D eigenvalue weighted by molar-refractivity contribution is -0.136. The van der Waals surface area contributed by atoms with E-state index in [0.717, 1.165) is 4.90 Å². The molecule has 10 heteroatoms. The van der Waals surface area contributed by atoms with Gasteiger partial charge in [0.15, 0.2) is 0 Å². The number of anilines is 1. The molecule has 0 bridgehead atoms. The molecule has 10 nitrogen and oxygen atoms in total. The van der Waals surface area contributed by atoms with E-state index < -0.39 is 35.3 Å². The molecule has 33 heavy (non-hydrogen) atoms. The maximum atomic E-state index is 13.3. The lowest BCUT2D eigenvalue weighted by Gasteiger charge is -2.60. The van der Waals surface area contributed by atoms with Crippen molar-refractivity contribution in [2.75, 3.05) is 31.1 Å². The monoisotopic (exact) mass is 454 g/mol. The number of amides is 5. The smallest absolute Gasteiger partial charge is 0.410 e. The number of hydrogen-bond acceptors (Lipinski definition) is 7. The van der Waals surface area contributed by atoms with Gasteiger partial charge in [-0.15, -0.1) is 0 Å². The quantitative estimate of drug-likeness (QED) is 0.666. The Kier molecular flexibility index (Phi) is 4.56. The fourth-order valence-electron chi connectivity index (χ4n) is 5.11. The average Bonchev–Trinajstić information content (AvgIpc) is 2.90. The minimum atomic E-state index is -0.986. The zero-order chi connectivity index (χ0) is 23.7. The number of nitrogens with one attached hydrogen (secondary N) is 1. The Morgan fingerprint density at radius 2 is 1.76 bits per heavy atom. The van der Waals surface area contributed by atoms with Gasteiger partial charge in [0.05, 0.1) is 16.8 Å². The van der Waals surface area contributed by atoms with Crippen molar-refractivity contribution >= 4 is 35.4 Å². The highest BCUT2D eigenvalue weighted by molar-refractivity contribution is 6.25. The Balaban J connectivity index is 1.29. The second-order valence-corrected chi connectivity index (χ2v) is 10.3. The summed E-state index contributed by atoms with van der Waals surface area (Å²) in [5.41, 5.74) is 0.630. The van der Waals surface area contributed by atoms with Crippen LogP contribution in [0.3, 0.4) is 0 Å². The molecule has 1 spiro atoms.